The first kappa shape index (κ1) is 22.7. The van der Waals surface area contributed by atoms with E-state index in [1.165, 1.54) is 9.91 Å². The molecule has 2 N–H and O–H groups in total. The van der Waals surface area contributed by atoms with Crippen molar-refractivity contribution in [2.45, 2.75) is 38.8 Å². The van der Waals surface area contributed by atoms with Gasteiger partial charge in [0, 0.05) is 17.7 Å². The van der Waals surface area contributed by atoms with Crippen LogP contribution >= 0.6 is 12.2 Å². The molecule has 1 aliphatic heterocycles. The van der Waals surface area contributed by atoms with Gasteiger partial charge in [-0.05, 0) is 49.7 Å². The third-order valence-electron chi connectivity index (χ3n) is 5.47. The number of ether oxygens (including phenoxy) is 1. The highest BCUT2D eigenvalue weighted by atomic mass is 32.1. The zero-order valence-corrected chi connectivity index (χ0v) is 19.1. The Morgan fingerprint density at radius 2 is 1.88 bits per heavy atom. The van der Waals surface area contributed by atoms with E-state index in [-0.39, 0.29) is 41.7 Å². The summed E-state index contributed by atoms with van der Waals surface area (Å²) in [5, 5.41) is 4.37. The lowest BCUT2D eigenvalue weighted by Gasteiger charge is -2.24. The van der Waals surface area contributed by atoms with Crippen molar-refractivity contribution in [1.29, 1.82) is 0 Å². The summed E-state index contributed by atoms with van der Waals surface area (Å²) in [7, 11) is 0. The highest BCUT2D eigenvalue weighted by molar-refractivity contribution is 7.80. The van der Waals surface area contributed by atoms with Crippen LogP contribution < -0.4 is 15.5 Å². The van der Waals surface area contributed by atoms with E-state index in [0.717, 1.165) is 18.4 Å². The number of benzene rings is 2. The standard InChI is InChI=1S/C24H26N4O4S/c1-2-32-19-10-6-9-18(13-19)25-21(29)14-20-23(31)27(15-16-7-4-3-5-8-16)24(33)28(20)26-22(30)17-11-12-17/h3-10,13,17,20H,2,11-12,14-15H2,1H3,(H,25,29)(H,26,30). The summed E-state index contributed by atoms with van der Waals surface area (Å²) in [5.41, 5.74) is 4.24. The zero-order valence-electron chi connectivity index (χ0n) is 18.3. The molecule has 1 saturated heterocycles. The highest BCUT2D eigenvalue weighted by Crippen LogP contribution is 2.30. The van der Waals surface area contributed by atoms with Gasteiger partial charge in [0.15, 0.2) is 5.11 Å². The van der Waals surface area contributed by atoms with Gasteiger partial charge in [-0.1, -0.05) is 36.4 Å². The Hall–Kier alpha value is -3.46. The first-order chi connectivity index (χ1) is 16.0. The second-order valence-electron chi connectivity index (χ2n) is 8.04. The van der Waals surface area contributed by atoms with E-state index in [2.05, 4.69) is 10.7 Å². The molecule has 3 amide bonds. The van der Waals surface area contributed by atoms with Crippen LogP contribution in [0.4, 0.5) is 5.69 Å². The number of rotatable bonds is 9. The number of hydrazine groups is 1. The van der Waals surface area contributed by atoms with Crippen molar-refractivity contribution in [1.82, 2.24) is 15.3 Å². The molecular formula is C24H26N4O4S. The Morgan fingerprint density at radius 3 is 2.58 bits per heavy atom. The molecule has 2 aliphatic rings. The molecule has 0 aromatic heterocycles. The molecule has 2 fully saturated rings. The smallest absolute Gasteiger partial charge is 0.254 e. The normalized spacial score (nSPS) is 17.8. The lowest BCUT2D eigenvalue weighted by Crippen LogP contribution is -2.50. The lowest BCUT2D eigenvalue weighted by atomic mass is 10.1. The van der Waals surface area contributed by atoms with E-state index in [0.29, 0.717) is 18.0 Å². The van der Waals surface area contributed by atoms with E-state index in [1.807, 2.05) is 37.3 Å². The molecule has 1 saturated carbocycles. The molecule has 2 aromatic rings. The second kappa shape index (κ2) is 9.99. The summed E-state index contributed by atoms with van der Waals surface area (Å²) in [6, 6.07) is 15.6. The van der Waals surface area contributed by atoms with Crippen LogP contribution in [0.1, 0.15) is 31.7 Å². The molecule has 0 spiro atoms. The van der Waals surface area contributed by atoms with Crippen molar-refractivity contribution in [3.05, 3.63) is 60.2 Å². The molecule has 8 nitrogen and oxygen atoms in total. The summed E-state index contributed by atoms with van der Waals surface area (Å²) in [4.78, 5) is 40.0. The molecule has 0 radical (unpaired) electrons. The Kier molecular flexibility index (Phi) is 6.88. The van der Waals surface area contributed by atoms with Crippen LogP contribution in [0.5, 0.6) is 5.75 Å². The number of carbonyl (C=O) groups is 3. The first-order valence-corrected chi connectivity index (χ1v) is 11.4. The van der Waals surface area contributed by atoms with E-state index in [1.54, 1.807) is 24.3 Å². The molecule has 1 heterocycles. The van der Waals surface area contributed by atoms with E-state index in [9.17, 15) is 14.4 Å². The monoisotopic (exact) mass is 466 g/mol. The number of thiocarbonyl (C=S) groups is 1. The predicted octanol–water partition coefficient (Wildman–Crippen LogP) is 2.85. The van der Waals surface area contributed by atoms with Crippen LogP contribution in [0.25, 0.3) is 0 Å². The van der Waals surface area contributed by atoms with Crippen molar-refractivity contribution in [3.8, 4) is 5.75 Å². The number of nitrogens with zero attached hydrogens (tertiary/aromatic N) is 2. The van der Waals surface area contributed by atoms with E-state index in [4.69, 9.17) is 17.0 Å². The number of carbonyl (C=O) groups excluding carboxylic acids is 3. The molecule has 2 aromatic carbocycles. The Bertz CT molecular complexity index is 1060. The summed E-state index contributed by atoms with van der Waals surface area (Å²) < 4.78 is 5.47. The largest absolute Gasteiger partial charge is 0.494 e. The van der Waals surface area contributed by atoms with Crippen molar-refractivity contribution in [2.24, 2.45) is 5.92 Å². The van der Waals surface area contributed by atoms with Crippen LogP contribution in [-0.4, -0.2) is 45.4 Å². The molecule has 0 bridgehead atoms. The van der Waals surface area contributed by atoms with Gasteiger partial charge in [-0.2, -0.15) is 0 Å². The van der Waals surface area contributed by atoms with Gasteiger partial charge in [0.25, 0.3) is 5.91 Å². The Balaban J connectivity index is 1.49. The quantitative estimate of drug-likeness (QED) is 0.553. The molecule has 4 rings (SSSR count). The fraction of sp³-hybridized carbons (Fsp3) is 0.333. The third kappa shape index (κ3) is 5.48. The van der Waals surface area contributed by atoms with Crippen molar-refractivity contribution in [3.63, 3.8) is 0 Å². The van der Waals surface area contributed by atoms with Crippen LogP contribution in [-0.2, 0) is 20.9 Å². The fourth-order valence-electron chi connectivity index (χ4n) is 3.64. The number of anilines is 1. The number of nitrogens with one attached hydrogen (secondary N) is 2. The van der Waals surface area contributed by atoms with Crippen LogP contribution in [0.3, 0.4) is 0 Å². The van der Waals surface area contributed by atoms with Crippen LogP contribution in [0.15, 0.2) is 54.6 Å². The number of amides is 3. The maximum Gasteiger partial charge on any atom is 0.254 e. The predicted molar refractivity (Wildman–Crippen MR) is 127 cm³/mol. The molecule has 1 unspecified atom stereocenters. The topological polar surface area (TPSA) is 91.0 Å². The van der Waals surface area contributed by atoms with Gasteiger partial charge in [-0.15, -0.1) is 0 Å². The van der Waals surface area contributed by atoms with Gasteiger partial charge >= 0.3 is 0 Å². The molecule has 1 aliphatic carbocycles. The van der Waals surface area contributed by atoms with Crippen LogP contribution in [0.2, 0.25) is 0 Å². The lowest BCUT2D eigenvalue weighted by molar-refractivity contribution is -0.133. The summed E-state index contributed by atoms with van der Waals surface area (Å²) in [6.07, 6.45) is 1.47. The number of hydrogen-bond acceptors (Lipinski definition) is 5. The van der Waals surface area contributed by atoms with E-state index < -0.39 is 6.04 Å². The average molecular weight is 467 g/mol. The summed E-state index contributed by atoms with van der Waals surface area (Å²) in [6.45, 7) is 2.66. The third-order valence-corrected chi connectivity index (χ3v) is 5.89. The summed E-state index contributed by atoms with van der Waals surface area (Å²) in [5.74, 6) is -0.292. The van der Waals surface area contributed by atoms with Crippen molar-refractivity contribution in [2.75, 3.05) is 11.9 Å². The minimum atomic E-state index is -0.918. The molecular weight excluding hydrogens is 440 g/mol. The molecule has 172 valence electrons. The van der Waals surface area contributed by atoms with Crippen LogP contribution in [0, 0.1) is 5.92 Å². The average Bonchev–Trinajstić information content (AvgIpc) is 3.63. The minimum absolute atomic E-state index is 0.0677. The second-order valence-corrected chi connectivity index (χ2v) is 8.41. The van der Waals surface area contributed by atoms with Gasteiger partial charge in [-0.3, -0.25) is 24.7 Å². The first-order valence-electron chi connectivity index (χ1n) is 11.0. The molecule has 9 heteroatoms. The summed E-state index contributed by atoms with van der Waals surface area (Å²) >= 11 is 5.54. The van der Waals surface area contributed by atoms with Gasteiger partial charge in [0.05, 0.1) is 19.6 Å². The maximum atomic E-state index is 13.3. The maximum absolute atomic E-state index is 13.3. The number of hydrogen-bond donors (Lipinski definition) is 2. The Morgan fingerprint density at radius 1 is 1.12 bits per heavy atom. The highest BCUT2D eigenvalue weighted by Gasteiger charge is 2.45. The van der Waals surface area contributed by atoms with Gasteiger partial charge < -0.3 is 10.1 Å². The van der Waals surface area contributed by atoms with Gasteiger partial charge in [0.1, 0.15) is 11.8 Å². The van der Waals surface area contributed by atoms with Crippen molar-refractivity contribution >= 4 is 40.7 Å². The molecule has 1 atom stereocenters. The SMILES string of the molecule is CCOc1cccc(NC(=O)CC2C(=O)N(Cc3ccccc3)C(=S)N2NC(=O)C2CC2)c1. The van der Waals surface area contributed by atoms with E-state index >= 15 is 0 Å². The van der Waals surface area contributed by atoms with Gasteiger partial charge in [0.2, 0.25) is 11.8 Å². The Labute approximate surface area is 197 Å². The van der Waals surface area contributed by atoms with Gasteiger partial charge in [-0.25, -0.2) is 5.01 Å². The molecule has 33 heavy (non-hydrogen) atoms. The zero-order chi connectivity index (χ0) is 23.4. The fourth-order valence-corrected chi connectivity index (χ4v) is 3.96. The van der Waals surface area contributed by atoms with Crippen molar-refractivity contribution < 1.29 is 19.1 Å². The minimum Gasteiger partial charge on any atom is -0.494 e.